The average molecular weight is 398 g/mol. The van der Waals surface area contributed by atoms with E-state index in [9.17, 15) is 14.9 Å². The zero-order valence-electron chi connectivity index (χ0n) is 15.9. The van der Waals surface area contributed by atoms with E-state index in [1.165, 1.54) is 16.9 Å². The summed E-state index contributed by atoms with van der Waals surface area (Å²) in [6.07, 6.45) is 4.21. The third-order valence-electron chi connectivity index (χ3n) is 4.84. The molecule has 1 aromatic carbocycles. The van der Waals surface area contributed by atoms with Crippen molar-refractivity contribution in [3.05, 3.63) is 40.9 Å². The second-order valence-corrected chi connectivity index (χ2v) is 8.01. The number of nitrogens with one attached hydrogen (secondary N) is 1. The standard InChI is InChI=1S/C21H23N3O3S/c1-15-5-7-16(8-6-15)20-23-17(13-28-20)11-19(26)27-12-18(25)24-21(14-22)9-3-2-4-10-21/h5-8,13H,2-4,9-12H2,1H3,(H,24,25). The predicted molar refractivity (Wildman–Crippen MR) is 107 cm³/mol. The van der Waals surface area contributed by atoms with Crippen molar-refractivity contribution >= 4 is 23.2 Å². The molecule has 0 radical (unpaired) electrons. The Morgan fingerprint density at radius 3 is 2.64 bits per heavy atom. The van der Waals surface area contributed by atoms with Gasteiger partial charge in [0.25, 0.3) is 5.91 Å². The first-order valence-electron chi connectivity index (χ1n) is 9.39. The van der Waals surface area contributed by atoms with Gasteiger partial charge in [-0.25, -0.2) is 4.98 Å². The zero-order chi connectivity index (χ0) is 20.0. The number of nitriles is 1. The predicted octanol–water partition coefficient (Wildman–Crippen LogP) is 3.55. The van der Waals surface area contributed by atoms with E-state index in [2.05, 4.69) is 16.4 Å². The summed E-state index contributed by atoms with van der Waals surface area (Å²) in [4.78, 5) is 28.6. The van der Waals surface area contributed by atoms with Crippen molar-refractivity contribution in [3.63, 3.8) is 0 Å². The fraction of sp³-hybridized carbons (Fsp3) is 0.429. The molecule has 1 saturated carbocycles. The van der Waals surface area contributed by atoms with Crippen LogP contribution in [0, 0.1) is 18.3 Å². The highest BCUT2D eigenvalue weighted by atomic mass is 32.1. The van der Waals surface area contributed by atoms with Crippen molar-refractivity contribution in [1.29, 1.82) is 5.26 Å². The summed E-state index contributed by atoms with van der Waals surface area (Å²) in [5.41, 5.74) is 1.98. The zero-order valence-corrected chi connectivity index (χ0v) is 16.7. The van der Waals surface area contributed by atoms with Gasteiger partial charge in [-0.15, -0.1) is 11.3 Å². The monoisotopic (exact) mass is 397 g/mol. The Morgan fingerprint density at radius 1 is 1.25 bits per heavy atom. The molecular formula is C21H23N3O3S. The highest BCUT2D eigenvalue weighted by Crippen LogP contribution is 2.27. The number of esters is 1. The van der Waals surface area contributed by atoms with Gasteiger partial charge in [0.05, 0.1) is 18.2 Å². The van der Waals surface area contributed by atoms with Gasteiger partial charge >= 0.3 is 5.97 Å². The molecule has 0 saturated heterocycles. The number of rotatable bonds is 6. The molecule has 1 amide bonds. The summed E-state index contributed by atoms with van der Waals surface area (Å²) in [7, 11) is 0. The first-order valence-corrected chi connectivity index (χ1v) is 10.3. The van der Waals surface area contributed by atoms with Crippen LogP contribution in [0.4, 0.5) is 0 Å². The van der Waals surface area contributed by atoms with E-state index < -0.39 is 17.4 Å². The maximum absolute atomic E-state index is 12.1. The number of thiazole rings is 1. The maximum atomic E-state index is 12.1. The molecule has 3 rings (SSSR count). The van der Waals surface area contributed by atoms with Crippen molar-refractivity contribution in [2.75, 3.05) is 6.61 Å². The number of carbonyl (C=O) groups excluding carboxylic acids is 2. The molecular weight excluding hydrogens is 374 g/mol. The van der Waals surface area contributed by atoms with Crippen LogP contribution in [0.15, 0.2) is 29.6 Å². The van der Waals surface area contributed by atoms with E-state index in [0.29, 0.717) is 18.5 Å². The van der Waals surface area contributed by atoms with E-state index in [1.54, 1.807) is 0 Å². The first-order chi connectivity index (χ1) is 13.5. The van der Waals surface area contributed by atoms with Crippen molar-refractivity contribution in [2.45, 2.75) is 51.0 Å². The normalized spacial score (nSPS) is 15.4. The van der Waals surface area contributed by atoms with Gasteiger partial charge < -0.3 is 10.1 Å². The van der Waals surface area contributed by atoms with Crippen molar-refractivity contribution in [2.24, 2.45) is 0 Å². The van der Waals surface area contributed by atoms with Crippen LogP contribution in [0.5, 0.6) is 0 Å². The Hall–Kier alpha value is -2.72. The number of nitrogens with zero attached hydrogens (tertiary/aromatic N) is 2. The quantitative estimate of drug-likeness (QED) is 0.753. The summed E-state index contributed by atoms with van der Waals surface area (Å²) in [5.74, 6) is -0.944. The summed E-state index contributed by atoms with van der Waals surface area (Å²) in [6.45, 7) is 1.65. The molecule has 28 heavy (non-hydrogen) atoms. The van der Waals surface area contributed by atoms with Crippen LogP contribution in [0.25, 0.3) is 10.6 Å². The molecule has 7 heteroatoms. The molecule has 0 unspecified atom stereocenters. The van der Waals surface area contributed by atoms with E-state index in [0.717, 1.165) is 29.8 Å². The smallest absolute Gasteiger partial charge is 0.312 e. The molecule has 0 aliphatic heterocycles. The van der Waals surface area contributed by atoms with Gasteiger partial charge in [0, 0.05) is 10.9 Å². The first kappa shape index (κ1) is 20.0. The number of aromatic nitrogens is 1. The molecule has 1 heterocycles. The average Bonchev–Trinajstić information content (AvgIpc) is 3.16. The van der Waals surface area contributed by atoms with Gasteiger partial charge in [-0.1, -0.05) is 49.1 Å². The lowest BCUT2D eigenvalue weighted by atomic mass is 9.83. The van der Waals surface area contributed by atoms with E-state index in [4.69, 9.17) is 4.74 Å². The Morgan fingerprint density at radius 2 is 1.96 bits per heavy atom. The number of hydrogen-bond donors (Lipinski definition) is 1. The highest BCUT2D eigenvalue weighted by Gasteiger charge is 2.33. The third-order valence-corrected chi connectivity index (χ3v) is 5.78. The minimum Gasteiger partial charge on any atom is -0.455 e. The lowest BCUT2D eigenvalue weighted by Gasteiger charge is -2.31. The molecule has 6 nitrogen and oxygen atoms in total. The van der Waals surface area contributed by atoms with Gasteiger partial charge in [-0.3, -0.25) is 9.59 Å². The second-order valence-electron chi connectivity index (χ2n) is 7.15. The molecule has 146 valence electrons. The van der Waals surface area contributed by atoms with Gasteiger partial charge in [-0.05, 0) is 19.8 Å². The summed E-state index contributed by atoms with van der Waals surface area (Å²) in [5, 5.41) is 14.8. The Labute approximate surface area is 168 Å². The number of amides is 1. The van der Waals surface area contributed by atoms with Crippen LogP contribution in [0.1, 0.15) is 43.4 Å². The van der Waals surface area contributed by atoms with Crippen molar-refractivity contribution in [1.82, 2.24) is 10.3 Å². The Kier molecular flexibility index (Phi) is 6.42. The van der Waals surface area contributed by atoms with Gasteiger partial charge in [0.15, 0.2) is 6.61 Å². The van der Waals surface area contributed by atoms with Crippen LogP contribution in [0.2, 0.25) is 0 Å². The van der Waals surface area contributed by atoms with Gasteiger partial charge in [0.1, 0.15) is 10.5 Å². The van der Waals surface area contributed by atoms with Gasteiger partial charge in [0.2, 0.25) is 0 Å². The van der Waals surface area contributed by atoms with Crippen LogP contribution < -0.4 is 5.32 Å². The number of carbonyl (C=O) groups is 2. The lowest BCUT2D eigenvalue weighted by molar-refractivity contribution is -0.148. The van der Waals surface area contributed by atoms with Gasteiger partial charge in [-0.2, -0.15) is 5.26 Å². The number of benzene rings is 1. The summed E-state index contributed by atoms with van der Waals surface area (Å²) in [6, 6.07) is 10.2. The number of aryl methyl sites for hydroxylation is 1. The lowest BCUT2D eigenvalue weighted by Crippen LogP contribution is -2.50. The summed E-state index contributed by atoms with van der Waals surface area (Å²) < 4.78 is 5.07. The largest absolute Gasteiger partial charge is 0.455 e. The minimum absolute atomic E-state index is 0.0129. The van der Waals surface area contributed by atoms with Crippen LogP contribution in [-0.4, -0.2) is 29.0 Å². The second kappa shape index (κ2) is 8.98. The van der Waals surface area contributed by atoms with Crippen LogP contribution >= 0.6 is 11.3 Å². The van der Waals surface area contributed by atoms with E-state index in [-0.39, 0.29) is 13.0 Å². The molecule has 0 atom stereocenters. The van der Waals surface area contributed by atoms with E-state index in [1.807, 2.05) is 36.6 Å². The van der Waals surface area contributed by atoms with E-state index >= 15 is 0 Å². The molecule has 1 fully saturated rings. The molecule has 1 aliphatic rings. The Bertz CT molecular complexity index is 877. The van der Waals surface area contributed by atoms with Crippen molar-refractivity contribution < 1.29 is 14.3 Å². The minimum atomic E-state index is -0.820. The van der Waals surface area contributed by atoms with Crippen molar-refractivity contribution in [3.8, 4) is 16.6 Å². The fourth-order valence-corrected chi connectivity index (χ4v) is 4.11. The molecule has 0 spiro atoms. The molecule has 0 bridgehead atoms. The fourth-order valence-electron chi connectivity index (χ4n) is 3.28. The van der Waals surface area contributed by atoms with Crippen LogP contribution in [-0.2, 0) is 20.7 Å². The Balaban J connectivity index is 1.48. The highest BCUT2D eigenvalue weighted by molar-refractivity contribution is 7.13. The molecule has 1 aliphatic carbocycles. The topological polar surface area (TPSA) is 92.1 Å². The maximum Gasteiger partial charge on any atom is 0.312 e. The molecule has 1 N–H and O–H groups in total. The SMILES string of the molecule is Cc1ccc(-c2nc(CC(=O)OCC(=O)NC3(C#N)CCCCC3)cs2)cc1. The molecule has 1 aromatic heterocycles. The number of ether oxygens (including phenoxy) is 1. The molecule has 2 aromatic rings. The number of hydrogen-bond acceptors (Lipinski definition) is 6. The summed E-state index contributed by atoms with van der Waals surface area (Å²) >= 11 is 1.47. The third kappa shape index (κ3) is 5.17. The van der Waals surface area contributed by atoms with Crippen LogP contribution in [0.3, 0.4) is 0 Å².